The van der Waals surface area contributed by atoms with Gasteiger partial charge < -0.3 is 4.42 Å². The smallest absolute Gasteiger partial charge is 0.177 e. The van der Waals surface area contributed by atoms with Crippen molar-refractivity contribution in [3.63, 3.8) is 0 Å². The van der Waals surface area contributed by atoms with E-state index in [9.17, 15) is 0 Å². The first-order valence-corrected chi connectivity index (χ1v) is 4.18. The van der Waals surface area contributed by atoms with Crippen LogP contribution in [0.5, 0.6) is 0 Å². The number of terminal acetylenes is 1. The Morgan fingerprint density at radius 2 is 1.92 bits per heavy atom. The van der Waals surface area contributed by atoms with Crippen LogP contribution in [0.2, 0.25) is 0 Å². The topological polar surface area (TPSA) is 13.1 Å². The SMILES string of the molecule is C#Cc1cc2c(C)ccc(C)c2o1. The van der Waals surface area contributed by atoms with Gasteiger partial charge in [-0.2, -0.15) is 0 Å². The molecule has 0 N–H and O–H groups in total. The molecule has 0 atom stereocenters. The molecular formula is C12H10O. The van der Waals surface area contributed by atoms with Crippen LogP contribution in [0.4, 0.5) is 0 Å². The molecule has 0 fully saturated rings. The molecule has 1 heteroatoms. The van der Waals surface area contributed by atoms with E-state index in [0.717, 1.165) is 16.5 Å². The Morgan fingerprint density at radius 1 is 1.23 bits per heavy atom. The minimum atomic E-state index is 0.604. The van der Waals surface area contributed by atoms with E-state index >= 15 is 0 Å². The molecular weight excluding hydrogens is 160 g/mol. The van der Waals surface area contributed by atoms with E-state index in [2.05, 4.69) is 18.9 Å². The molecule has 0 unspecified atom stereocenters. The summed E-state index contributed by atoms with van der Waals surface area (Å²) < 4.78 is 5.49. The highest BCUT2D eigenvalue weighted by Gasteiger charge is 2.06. The van der Waals surface area contributed by atoms with Crippen LogP contribution in [0.1, 0.15) is 16.9 Å². The van der Waals surface area contributed by atoms with Crippen molar-refractivity contribution in [1.29, 1.82) is 0 Å². The highest BCUT2D eigenvalue weighted by molar-refractivity contribution is 5.84. The summed E-state index contributed by atoms with van der Waals surface area (Å²) in [5.41, 5.74) is 3.24. The third kappa shape index (κ3) is 1.11. The fourth-order valence-electron chi connectivity index (χ4n) is 1.46. The van der Waals surface area contributed by atoms with Gasteiger partial charge in [-0.1, -0.05) is 12.1 Å². The van der Waals surface area contributed by atoms with Crippen molar-refractivity contribution in [2.75, 3.05) is 0 Å². The van der Waals surface area contributed by atoms with Crippen LogP contribution in [0.25, 0.3) is 11.0 Å². The zero-order chi connectivity index (χ0) is 9.42. The summed E-state index contributed by atoms with van der Waals surface area (Å²) in [7, 11) is 0. The van der Waals surface area contributed by atoms with Crippen molar-refractivity contribution < 1.29 is 4.42 Å². The third-order valence-electron chi connectivity index (χ3n) is 2.24. The second-order valence-electron chi connectivity index (χ2n) is 3.20. The molecule has 0 saturated carbocycles. The van der Waals surface area contributed by atoms with E-state index in [-0.39, 0.29) is 0 Å². The van der Waals surface area contributed by atoms with Crippen LogP contribution in [0, 0.1) is 26.2 Å². The van der Waals surface area contributed by atoms with Gasteiger partial charge in [-0.05, 0) is 30.9 Å². The summed E-state index contributed by atoms with van der Waals surface area (Å²) in [6, 6.07) is 6.03. The van der Waals surface area contributed by atoms with Gasteiger partial charge in [0.1, 0.15) is 5.58 Å². The Hall–Kier alpha value is -1.68. The van der Waals surface area contributed by atoms with Gasteiger partial charge in [-0.25, -0.2) is 0 Å². The van der Waals surface area contributed by atoms with E-state index in [0.29, 0.717) is 5.76 Å². The monoisotopic (exact) mass is 170 g/mol. The van der Waals surface area contributed by atoms with Crippen molar-refractivity contribution in [2.24, 2.45) is 0 Å². The average Bonchev–Trinajstić information content (AvgIpc) is 2.56. The van der Waals surface area contributed by atoms with Gasteiger partial charge in [0.2, 0.25) is 0 Å². The van der Waals surface area contributed by atoms with Crippen molar-refractivity contribution in [3.8, 4) is 12.3 Å². The largest absolute Gasteiger partial charge is 0.447 e. The fourth-order valence-corrected chi connectivity index (χ4v) is 1.46. The van der Waals surface area contributed by atoms with Crippen molar-refractivity contribution in [3.05, 3.63) is 35.1 Å². The Kier molecular flexibility index (Phi) is 1.63. The lowest BCUT2D eigenvalue weighted by molar-refractivity contribution is 0.599. The van der Waals surface area contributed by atoms with Gasteiger partial charge in [-0.15, -0.1) is 6.42 Å². The van der Waals surface area contributed by atoms with Crippen LogP contribution >= 0.6 is 0 Å². The number of hydrogen-bond acceptors (Lipinski definition) is 1. The zero-order valence-corrected chi connectivity index (χ0v) is 7.72. The number of hydrogen-bond donors (Lipinski definition) is 0. The summed E-state index contributed by atoms with van der Waals surface area (Å²) in [6.07, 6.45) is 5.27. The summed E-state index contributed by atoms with van der Waals surface area (Å²) in [5.74, 6) is 3.11. The second kappa shape index (κ2) is 2.67. The van der Waals surface area contributed by atoms with Crippen LogP contribution < -0.4 is 0 Å². The van der Waals surface area contributed by atoms with Gasteiger partial charge in [0, 0.05) is 11.5 Å². The first-order chi connectivity index (χ1) is 6.22. The second-order valence-corrected chi connectivity index (χ2v) is 3.20. The highest BCUT2D eigenvalue weighted by atomic mass is 16.3. The van der Waals surface area contributed by atoms with Crippen molar-refractivity contribution in [2.45, 2.75) is 13.8 Å². The van der Waals surface area contributed by atoms with Gasteiger partial charge in [0.05, 0.1) is 0 Å². The Labute approximate surface area is 77.4 Å². The molecule has 13 heavy (non-hydrogen) atoms. The number of aryl methyl sites for hydroxylation is 2. The Morgan fingerprint density at radius 3 is 2.54 bits per heavy atom. The highest BCUT2D eigenvalue weighted by Crippen LogP contribution is 2.25. The molecule has 0 radical (unpaired) electrons. The fraction of sp³-hybridized carbons (Fsp3) is 0.167. The normalized spacial score (nSPS) is 10.2. The van der Waals surface area contributed by atoms with E-state index in [1.165, 1.54) is 5.56 Å². The molecule has 1 aromatic carbocycles. The predicted molar refractivity (Wildman–Crippen MR) is 53.6 cm³/mol. The van der Waals surface area contributed by atoms with E-state index < -0.39 is 0 Å². The van der Waals surface area contributed by atoms with Gasteiger partial charge in [0.25, 0.3) is 0 Å². The summed E-state index contributed by atoms with van der Waals surface area (Å²) >= 11 is 0. The number of benzene rings is 1. The van der Waals surface area contributed by atoms with Crippen LogP contribution in [-0.4, -0.2) is 0 Å². The molecule has 2 rings (SSSR count). The number of fused-ring (bicyclic) bond motifs is 1. The average molecular weight is 170 g/mol. The van der Waals surface area contributed by atoms with Crippen LogP contribution in [0.15, 0.2) is 22.6 Å². The first kappa shape index (κ1) is 7.94. The first-order valence-electron chi connectivity index (χ1n) is 4.18. The number of rotatable bonds is 0. The summed E-state index contributed by atoms with van der Waals surface area (Å²) in [4.78, 5) is 0. The molecule has 0 spiro atoms. The molecule has 0 bridgehead atoms. The quantitative estimate of drug-likeness (QED) is 0.554. The standard InChI is InChI=1S/C12H10O/c1-4-10-7-11-8(2)5-6-9(3)12(11)13-10/h1,5-7H,2-3H3. The molecule has 1 aromatic heterocycles. The van der Waals surface area contributed by atoms with Crippen molar-refractivity contribution >= 4 is 11.0 Å². The lowest BCUT2D eigenvalue weighted by Gasteiger charge is -1.96. The maximum absolute atomic E-state index is 5.49. The predicted octanol–water partition coefficient (Wildman–Crippen LogP) is 3.03. The lowest BCUT2D eigenvalue weighted by atomic mass is 10.1. The number of furan rings is 1. The molecule has 0 amide bonds. The molecule has 1 heterocycles. The van der Waals surface area contributed by atoms with Crippen LogP contribution in [-0.2, 0) is 0 Å². The van der Waals surface area contributed by atoms with Gasteiger partial charge in [0.15, 0.2) is 5.76 Å². The minimum absolute atomic E-state index is 0.604. The molecule has 0 aliphatic heterocycles. The third-order valence-corrected chi connectivity index (χ3v) is 2.24. The summed E-state index contributed by atoms with van der Waals surface area (Å²) in [6.45, 7) is 4.07. The Balaban J connectivity index is 2.90. The Bertz CT molecular complexity index is 459. The molecule has 1 nitrogen and oxygen atoms in total. The maximum Gasteiger partial charge on any atom is 0.177 e. The molecule has 0 saturated heterocycles. The molecule has 2 aromatic rings. The maximum atomic E-state index is 5.49. The minimum Gasteiger partial charge on any atom is -0.447 e. The molecule has 64 valence electrons. The van der Waals surface area contributed by atoms with E-state index in [4.69, 9.17) is 10.8 Å². The zero-order valence-electron chi connectivity index (χ0n) is 7.72. The van der Waals surface area contributed by atoms with Gasteiger partial charge >= 0.3 is 0 Å². The summed E-state index contributed by atoms with van der Waals surface area (Å²) in [5, 5.41) is 1.12. The van der Waals surface area contributed by atoms with Crippen LogP contribution in [0.3, 0.4) is 0 Å². The van der Waals surface area contributed by atoms with E-state index in [1.54, 1.807) is 0 Å². The van der Waals surface area contributed by atoms with Gasteiger partial charge in [-0.3, -0.25) is 0 Å². The van der Waals surface area contributed by atoms with Crippen molar-refractivity contribution in [1.82, 2.24) is 0 Å². The molecule has 0 aliphatic rings. The lowest BCUT2D eigenvalue weighted by Crippen LogP contribution is -1.76. The molecule has 0 aliphatic carbocycles. The van der Waals surface area contributed by atoms with E-state index in [1.807, 2.05) is 19.1 Å².